The van der Waals surface area contributed by atoms with E-state index in [1.165, 1.54) is 23.9 Å². The normalized spacial score (nSPS) is 22.4. The fourth-order valence-electron chi connectivity index (χ4n) is 2.58. The number of rotatable bonds is 4. The van der Waals surface area contributed by atoms with Gasteiger partial charge in [0, 0.05) is 4.90 Å². The molecular weight excluding hydrogens is 291 g/mol. The van der Waals surface area contributed by atoms with E-state index in [4.69, 9.17) is 4.52 Å². The van der Waals surface area contributed by atoms with Crippen LogP contribution in [0.1, 0.15) is 43.3 Å². The average Bonchev–Trinajstić information content (AvgIpc) is 2.94. The third-order valence-corrected chi connectivity index (χ3v) is 4.68. The topological polar surface area (TPSA) is 59.2 Å². The number of aliphatic hydroxyl groups excluding tert-OH is 1. The van der Waals surface area contributed by atoms with Crippen molar-refractivity contribution in [2.45, 2.75) is 48.4 Å². The second kappa shape index (κ2) is 6.58. The zero-order chi connectivity index (χ0) is 14.7. The summed E-state index contributed by atoms with van der Waals surface area (Å²) in [6, 6.07) is 6.43. The van der Waals surface area contributed by atoms with Crippen molar-refractivity contribution in [1.82, 2.24) is 10.1 Å². The van der Waals surface area contributed by atoms with Gasteiger partial charge in [-0.25, -0.2) is 4.39 Å². The van der Waals surface area contributed by atoms with Gasteiger partial charge in [0.05, 0.1) is 17.8 Å². The molecular formula is C15H17FN2O2S. The molecule has 1 saturated carbocycles. The van der Waals surface area contributed by atoms with Gasteiger partial charge >= 0.3 is 0 Å². The second-order valence-electron chi connectivity index (χ2n) is 5.25. The summed E-state index contributed by atoms with van der Waals surface area (Å²) in [6.07, 6.45) is 3.43. The van der Waals surface area contributed by atoms with E-state index >= 15 is 0 Å². The minimum Gasteiger partial charge on any atom is -0.392 e. The van der Waals surface area contributed by atoms with Gasteiger partial charge in [-0.05, 0) is 31.0 Å². The molecule has 1 fully saturated rings. The van der Waals surface area contributed by atoms with E-state index in [9.17, 15) is 9.50 Å². The van der Waals surface area contributed by atoms with Gasteiger partial charge in [0.1, 0.15) is 5.82 Å². The smallest absolute Gasteiger partial charge is 0.232 e. The van der Waals surface area contributed by atoms with Gasteiger partial charge < -0.3 is 9.63 Å². The van der Waals surface area contributed by atoms with Crippen LogP contribution < -0.4 is 0 Å². The van der Waals surface area contributed by atoms with Crippen molar-refractivity contribution < 1.29 is 14.0 Å². The summed E-state index contributed by atoms with van der Waals surface area (Å²) in [6.45, 7) is 0. The van der Waals surface area contributed by atoms with Crippen molar-refractivity contribution in [1.29, 1.82) is 0 Å². The largest absolute Gasteiger partial charge is 0.392 e. The van der Waals surface area contributed by atoms with Crippen molar-refractivity contribution in [3.05, 3.63) is 41.8 Å². The molecule has 2 unspecified atom stereocenters. The summed E-state index contributed by atoms with van der Waals surface area (Å²) in [5, 5.41) is 13.9. The van der Waals surface area contributed by atoms with Crippen molar-refractivity contribution in [3.8, 4) is 0 Å². The Bertz CT molecular complexity index is 605. The van der Waals surface area contributed by atoms with Crippen LogP contribution in [-0.2, 0) is 5.75 Å². The molecule has 0 amide bonds. The highest BCUT2D eigenvalue weighted by molar-refractivity contribution is 7.98. The van der Waals surface area contributed by atoms with Crippen LogP contribution in [-0.4, -0.2) is 21.4 Å². The van der Waals surface area contributed by atoms with E-state index in [0.717, 1.165) is 30.6 Å². The first-order valence-electron chi connectivity index (χ1n) is 7.11. The minimum absolute atomic E-state index is 0.0424. The van der Waals surface area contributed by atoms with Crippen LogP contribution >= 0.6 is 11.8 Å². The van der Waals surface area contributed by atoms with Gasteiger partial charge in [0.15, 0.2) is 5.82 Å². The van der Waals surface area contributed by atoms with Gasteiger partial charge in [0.25, 0.3) is 0 Å². The van der Waals surface area contributed by atoms with Gasteiger partial charge in [0.2, 0.25) is 5.89 Å². The number of halogens is 1. The summed E-state index contributed by atoms with van der Waals surface area (Å²) < 4.78 is 18.4. The lowest BCUT2D eigenvalue weighted by Crippen LogP contribution is -2.22. The van der Waals surface area contributed by atoms with Gasteiger partial charge in [-0.15, -0.1) is 11.8 Å². The van der Waals surface area contributed by atoms with Crippen molar-refractivity contribution in [2.24, 2.45) is 0 Å². The SMILES string of the molecule is OC1CCCCC1c1nc(CSc2cccc(F)c2)no1. The Morgan fingerprint density at radius 1 is 1.33 bits per heavy atom. The molecule has 112 valence electrons. The lowest BCUT2D eigenvalue weighted by atomic mass is 9.86. The van der Waals surface area contributed by atoms with E-state index in [1.54, 1.807) is 6.07 Å². The molecule has 0 saturated heterocycles. The number of benzene rings is 1. The molecule has 6 heteroatoms. The first kappa shape index (κ1) is 14.5. The third-order valence-electron chi connectivity index (χ3n) is 3.69. The molecule has 1 N–H and O–H groups in total. The first-order valence-corrected chi connectivity index (χ1v) is 8.10. The molecule has 3 rings (SSSR count). The summed E-state index contributed by atoms with van der Waals surface area (Å²) in [4.78, 5) is 5.20. The van der Waals surface area contributed by atoms with E-state index < -0.39 is 0 Å². The van der Waals surface area contributed by atoms with E-state index in [2.05, 4.69) is 10.1 Å². The van der Waals surface area contributed by atoms with Gasteiger partial charge in [-0.2, -0.15) is 4.98 Å². The van der Waals surface area contributed by atoms with Crippen LogP contribution in [0, 0.1) is 5.82 Å². The number of aliphatic hydroxyl groups is 1. The van der Waals surface area contributed by atoms with E-state index in [0.29, 0.717) is 17.5 Å². The molecule has 1 aromatic carbocycles. The maximum absolute atomic E-state index is 13.1. The molecule has 0 radical (unpaired) electrons. The Kier molecular flexibility index (Phi) is 4.55. The molecule has 21 heavy (non-hydrogen) atoms. The fraction of sp³-hybridized carbons (Fsp3) is 0.467. The van der Waals surface area contributed by atoms with Crippen LogP contribution in [0.15, 0.2) is 33.7 Å². The maximum Gasteiger partial charge on any atom is 0.232 e. The maximum atomic E-state index is 13.1. The summed E-state index contributed by atoms with van der Waals surface area (Å²) in [5.74, 6) is 1.34. The predicted octanol–water partition coefficient (Wildman–Crippen LogP) is 3.52. The molecule has 0 spiro atoms. The van der Waals surface area contributed by atoms with E-state index in [-0.39, 0.29) is 17.8 Å². The number of nitrogens with zero attached hydrogens (tertiary/aromatic N) is 2. The zero-order valence-electron chi connectivity index (χ0n) is 11.5. The molecule has 1 aromatic heterocycles. The molecule has 0 bridgehead atoms. The quantitative estimate of drug-likeness (QED) is 0.876. The molecule has 1 aliphatic carbocycles. The molecule has 4 nitrogen and oxygen atoms in total. The van der Waals surface area contributed by atoms with Crippen molar-refractivity contribution >= 4 is 11.8 Å². The highest BCUT2D eigenvalue weighted by atomic mass is 32.2. The van der Waals surface area contributed by atoms with Gasteiger partial charge in [-0.3, -0.25) is 0 Å². The Morgan fingerprint density at radius 2 is 2.19 bits per heavy atom. The summed E-state index contributed by atoms with van der Waals surface area (Å²) >= 11 is 1.46. The lowest BCUT2D eigenvalue weighted by molar-refractivity contribution is 0.0908. The van der Waals surface area contributed by atoms with E-state index in [1.807, 2.05) is 6.07 Å². The standard InChI is InChI=1S/C15H17FN2O2S/c16-10-4-3-5-11(8-10)21-9-14-17-15(20-18-14)12-6-1-2-7-13(12)19/h3-5,8,12-13,19H,1-2,6-7,9H2. The molecule has 0 aliphatic heterocycles. The summed E-state index contributed by atoms with van der Waals surface area (Å²) in [5.41, 5.74) is 0. The summed E-state index contributed by atoms with van der Waals surface area (Å²) in [7, 11) is 0. The Balaban J connectivity index is 1.62. The predicted molar refractivity (Wildman–Crippen MR) is 77.5 cm³/mol. The molecule has 1 heterocycles. The highest BCUT2D eigenvalue weighted by Crippen LogP contribution is 2.32. The van der Waals surface area contributed by atoms with Crippen LogP contribution in [0.3, 0.4) is 0 Å². The Morgan fingerprint density at radius 3 is 3.00 bits per heavy atom. The average molecular weight is 308 g/mol. The van der Waals surface area contributed by atoms with Crippen molar-refractivity contribution in [2.75, 3.05) is 0 Å². The van der Waals surface area contributed by atoms with Crippen molar-refractivity contribution in [3.63, 3.8) is 0 Å². The molecule has 2 aromatic rings. The third kappa shape index (κ3) is 3.63. The Labute approximate surface area is 126 Å². The fourth-order valence-corrected chi connectivity index (χ4v) is 3.36. The van der Waals surface area contributed by atoms with Gasteiger partial charge in [-0.1, -0.05) is 24.1 Å². The number of aromatic nitrogens is 2. The second-order valence-corrected chi connectivity index (χ2v) is 6.30. The van der Waals surface area contributed by atoms with Crippen LogP contribution in [0.2, 0.25) is 0 Å². The number of hydrogen-bond donors (Lipinski definition) is 1. The molecule has 2 atom stereocenters. The first-order chi connectivity index (χ1) is 10.2. The van der Waals surface area contributed by atoms with Crippen LogP contribution in [0.5, 0.6) is 0 Å². The monoisotopic (exact) mass is 308 g/mol. The molecule has 1 aliphatic rings. The zero-order valence-corrected chi connectivity index (χ0v) is 12.4. The van der Waals surface area contributed by atoms with Crippen LogP contribution in [0.4, 0.5) is 4.39 Å². The van der Waals surface area contributed by atoms with Crippen LogP contribution in [0.25, 0.3) is 0 Å². The number of thioether (sulfide) groups is 1. The minimum atomic E-state index is -0.386. The lowest BCUT2D eigenvalue weighted by Gasteiger charge is -2.24. The number of hydrogen-bond acceptors (Lipinski definition) is 5. The Hall–Kier alpha value is -1.40. The highest BCUT2D eigenvalue weighted by Gasteiger charge is 2.29.